The van der Waals surface area contributed by atoms with Crippen molar-refractivity contribution in [1.82, 2.24) is 0 Å². The van der Waals surface area contributed by atoms with Gasteiger partial charge in [-0.05, 0) is 36.0 Å². The van der Waals surface area contributed by atoms with Gasteiger partial charge >= 0.3 is 0 Å². The smallest absolute Gasteiger partial charge is 0.273 e. The first-order valence-electron chi connectivity index (χ1n) is 8.41. The highest BCUT2D eigenvalue weighted by Gasteiger charge is 2.19. The van der Waals surface area contributed by atoms with Gasteiger partial charge in [0, 0.05) is 22.9 Å². The molecule has 1 N–H and O–H groups in total. The summed E-state index contributed by atoms with van der Waals surface area (Å²) in [4.78, 5) is 23.4. The van der Waals surface area contributed by atoms with E-state index in [0.29, 0.717) is 5.56 Å². The van der Waals surface area contributed by atoms with E-state index in [9.17, 15) is 14.9 Å². The summed E-state index contributed by atoms with van der Waals surface area (Å²) < 4.78 is 0. The Bertz CT molecular complexity index is 784. The first-order valence-corrected chi connectivity index (χ1v) is 8.41. The van der Waals surface area contributed by atoms with Gasteiger partial charge < -0.3 is 5.32 Å². The first kappa shape index (κ1) is 18.6. The van der Waals surface area contributed by atoms with Gasteiger partial charge in [0.05, 0.1) is 4.92 Å². The van der Waals surface area contributed by atoms with Crippen LogP contribution in [0.25, 0.3) is 0 Å². The standard InChI is InChI=1S/C20H24N2O3/c1-12(2)16-7-6-8-17(13(3)4)19(16)21-20(23)15-10-9-14(5)18(11-15)22(24)25/h6-13H,1-5H3,(H,21,23). The number of nitro benzene ring substituents is 1. The number of hydrogen-bond donors (Lipinski definition) is 1. The summed E-state index contributed by atoms with van der Waals surface area (Å²) in [5.74, 6) is 0.167. The molecule has 0 radical (unpaired) electrons. The van der Waals surface area contributed by atoms with Gasteiger partial charge in [0.2, 0.25) is 0 Å². The van der Waals surface area contributed by atoms with Gasteiger partial charge in [-0.15, -0.1) is 0 Å². The highest BCUT2D eigenvalue weighted by atomic mass is 16.6. The number of amides is 1. The molecule has 0 fully saturated rings. The maximum absolute atomic E-state index is 12.7. The Morgan fingerprint density at radius 3 is 2.08 bits per heavy atom. The number of nitrogens with zero attached hydrogens (tertiary/aromatic N) is 1. The Kier molecular flexibility index (Phi) is 5.57. The van der Waals surface area contributed by atoms with Crippen molar-refractivity contribution < 1.29 is 9.72 Å². The van der Waals surface area contributed by atoms with E-state index in [2.05, 4.69) is 33.0 Å². The van der Waals surface area contributed by atoms with Crippen molar-refractivity contribution in [2.24, 2.45) is 0 Å². The minimum Gasteiger partial charge on any atom is -0.321 e. The maximum Gasteiger partial charge on any atom is 0.273 e. The Morgan fingerprint density at radius 2 is 1.60 bits per heavy atom. The second-order valence-electron chi connectivity index (χ2n) is 6.83. The molecule has 1 amide bonds. The minimum atomic E-state index is -0.465. The minimum absolute atomic E-state index is 0.0473. The van der Waals surface area contributed by atoms with Crippen LogP contribution in [0.4, 0.5) is 11.4 Å². The lowest BCUT2D eigenvalue weighted by atomic mass is 9.92. The van der Waals surface area contributed by atoms with E-state index >= 15 is 0 Å². The van der Waals surface area contributed by atoms with Crippen LogP contribution < -0.4 is 5.32 Å². The molecule has 0 spiro atoms. The molecule has 0 unspecified atom stereocenters. The van der Waals surface area contributed by atoms with Crippen LogP contribution in [0.2, 0.25) is 0 Å². The van der Waals surface area contributed by atoms with Crippen LogP contribution in [-0.4, -0.2) is 10.8 Å². The second-order valence-corrected chi connectivity index (χ2v) is 6.83. The summed E-state index contributed by atoms with van der Waals surface area (Å²) in [6.45, 7) is 9.96. The average Bonchev–Trinajstić information content (AvgIpc) is 2.54. The van der Waals surface area contributed by atoms with E-state index in [1.807, 2.05) is 18.2 Å². The summed E-state index contributed by atoms with van der Waals surface area (Å²) in [5.41, 5.74) is 3.69. The summed E-state index contributed by atoms with van der Waals surface area (Å²) in [6, 6.07) is 10.6. The SMILES string of the molecule is Cc1ccc(C(=O)Nc2c(C(C)C)cccc2C(C)C)cc1[N+](=O)[O-]. The lowest BCUT2D eigenvalue weighted by Gasteiger charge is -2.20. The largest absolute Gasteiger partial charge is 0.321 e. The summed E-state index contributed by atoms with van der Waals surface area (Å²) in [7, 11) is 0. The van der Waals surface area contributed by atoms with E-state index in [1.165, 1.54) is 6.07 Å². The quantitative estimate of drug-likeness (QED) is 0.585. The third-order valence-corrected chi connectivity index (χ3v) is 4.28. The van der Waals surface area contributed by atoms with Crippen LogP contribution in [-0.2, 0) is 0 Å². The zero-order valence-corrected chi connectivity index (χ0v) is 15.3. The molecule has 132 valence electrons. The molecule has 0 aliphatic carbocycles. The second kappa shape index (κ2) is 7.47. The predicted octanol–water partition coefficient (Wildman–Crippen LogP) is 5.40. The molecule has 2 rings (SSSR count). The Hall–Kier alpha value is -2.69. The van der Waals surface area contributed by atoms with Gasteiger partial charge in [0.1, 0.15) is 0 Å². The van der Waals surface area contributed by atoms with Crippen LogP contribution in [0.5, 0.6) is 0 Å². The van der Waals surface area contributed by atoms with Crippen LogP contribution in [0.3, 0.4) is 0 Å². The molecule has 0 atom stereocenters. The van der Waals surface area contributed by atoms with Gasteiger partial charge in [0.25, 0.3) is 11.6 Å². The van der Waals surface area contributed by atoms with Gasteiger partial charge in [0.15, 0.2) is 0 Å². The number of anilines is 1. The van der Waals surface area contributed by atoms with Crippen molar-refractivity contribution in [2.75, 3.05) is 5.32 Å². The van der Waals surface area contributed by atoms with Crippen LogP contribution in [0.1, 0.15) is 66.6 Å². The van der Waals surface area contributed by atoms with Gasteiger partial charge in [-0.3, -0.25) is 14.9 Å². The van der Waals surface area contributed by atoms with E-state index in [-0.39, 0.29) is 29.0 Å². The molecule has 0 saturated carbocycles. The fourth-order valence-corrected chi connectivity index (χ4v) is 2.83. The molecular weight excluding hydrogens is 316 g/mol. The Labute approximate surface area is 148 Å². The number of benzene rings is 2. The number of carbonyl (C=O) groups excluding carboxylic acids is 1. The highest BCUT2D eigenvalue weighted by Crippen LogP contribution is 2.33. The fourth-order valence-electron chi connectivity index (χ4n) is 2.83. The highest BCUT2D eigenvalue weighted by molar-refractivity contribution is 6.05. The van der Waals surface area contributed by atoms with Crippen molar-refractivity contribution in [2.45, 2.75) is 46.5 Å². The molecule has 2 aromatic carbocycles. The van der Waals surface area contributed by atoms with E-state index < -0.39 is 4.92 Å². The number of rotatable bonds is 5. The third kappa shape index (κ3) is 4.05. The number of hydrogen-bond acceptors (Lipinski definition) is 3. The first-order chi connectivity index (χ1) is 11.7. The van der Waals surface area contributed by atoms with Gasteiger partial charge in [-0.25, -0.2) is 0 Å². The molecule has 2 aromatic rings. The molecule has 0 aromatic heterocycles. The van der Waals surface area contributed by atoms with Crippen molar-refractivity contribution in [3.8, 4) is 0 Å². The topological polar surface area (TPSA) is 72.2 Å². The maximum atomic E-state index is 12.7. The normalized spacial score (nSPS) is 11.0. The molecule has 5 nitrogen and oxygen atoms in total. The number of para-hydroxylation sites is 1. The lowest BCUT2D eigenvalue weighted by Crippen LogP contribution is -2.16. The summed E-state index contributed by atoms with van der Waals surface area (Å²) >= 11 is 0. The van der Waals surface area contributed by atoms with Crippen LogP contribution in [0, 0.1) is 17.0 Å². The third-order valence-electron chi connectivity index (χ3n) is 4.28. The number of aryl methyl sites for hydroxylation is 1. The van der Waals surface area contributed by atoms with E-state index in [4.69, 9.17) is 0 Å². The zero-order chi connectivity index (χ0) is 18.7. The molecule has 0 aliphatic rings. The van der Waals surface area contributed by atoms with E-state index in [1.54, 1.807) is 19.1 Å². The van der Waals surface area contributed by atoms with Gasteiger partial charge in [-0.1, -0.05) is 52.0 Å². The van der Waals surface area contributed by atoms with Crippen molar-refractivity contribution in [3.05, 3.63) is 68.8 Å². The molecular formula is C20H24N2O3. The predicted molar refractivity (Wildman–Crippen MR) is 100 cm³/mol. The van der Waals surface area contributed by atoms with Crippen LogP contribution >= 0.6 is 0 Å². The van der Waals surface area contributed by atoms with Crippen molar-refractivity contribution >= 4 is 17.3 Å². The molecule has 0 bridgehead atoms. The van der Waals surface area contributed by atoms with Gasteiger partial charge in [-0.2, -0.15) is 0 Å². The Morgan fingerprint density at radius 1 is 1.04 bits per heavy atom. The monoisotopic (exact) mass is 340 g/mol. The average molecular weight is 340 g/mol. The molecule has 25 heavy (non-hydrogen) atoms. The summed E-state index contributed by atoms with van der Waals surface area (Å²) in [5, 5.41) is 14.1. The molecule has 5 heteroatoms. The summed E-state index contributed by atoms with van der Waals surface area (Å²) in [6.07, 6.45) is 0. The van der Waals surface area contributed by atoms with Crippen molar-refractivity contribution in [3.63, 3.8) is 0 Å². The van der Waals surface area contributed by atoms with Crippen LogP contribution in [0.15, 0.2) is 36.4 Å². The number of carbonyl (C=O) groups is 1. The fraction of sp³-hybridized carbons (Fsp3) is 0.350. The lowest BCUT2D eigenvalue weighted by molar-refractivity contribution is -0.385. The number of nitro groups is 1. The number of nitrogens with one attached hydrogen (secondary N) is 1. The zero-order valence-electron chi connectivity index (χ0n) is 15.3. The Balaban J connectivity index is 2.44. The molecule has 0 heterocycles. The molecule has 0 saturated heterocycles. The van der Waals surface area contributed by atoms with E-state index in [0.717, 1.165) is 16.8 Å². The van der Waals surface area contributed by atoms with Crippen molar-refractivity contribution in [1.29, 1.82) is 0 Å². The molecule has 0 aliphatic heterocycles.